The van der Waals surface area contributed by atoms with Crippen LogP contribution >= 0.6 is 34.8 Å². The van der Waals surface area contributed by atoms with Crippen LogP contribution < -0.4 is 5.62 Å². The molecule has 3 aromatic carbocycles. The van der Waals surface area contributed by atoms with Gasteiger partial charge in [0.1, 0.15) is 5.69 Å². The predicted molar refractivity (Wildman–Crippen MR) is 142 cm³/mol. The molecule has 0 amide bonds. The van der Waals surface area contributed by atoms with Gasteiger partial charge in [-0.2, -0.15) is 0 Å². The molecule has 1 unspecified atom stereocenters. The molecule has 2 N–H and O–H groups in total. The lowest BCUT2D eigenvalue weighted by Crippen LogP contribution is -2.27. The lowest BCUT2D eigenvalue weighted by atomic mass is 10.1. The van der Waals surface area contributed by atoms with Crippen molar-refractivity contribution < 1.29 is 5.11 Å². The smallest absolute Gasteiger partial charge is 0.203 e. The third-order valence-electron chi connectivity index (χ3n) is 6.05. The Morgan fingerprint density at radius 2 is 1.75 bits per heavy atom. The number of aliphatic hydroxyl groups is 1. The minimum absolute atomic E-state index is 0.155. The zero-order valence-corrected chi connectivity index (χ0v) is 21.6. The number of rotatable bonds is 7. The third-order valence-corrected chi connectivity index (χ3v) is 7.02. The van der Waals surface area contributed by atoms with Gasteiger partial charge in [0.15, 0.2) is 0 Å². The number of hydrogen-bond acceptors (Lipinski definition) is 4. The first-order chi connectivity index (χ1) is 17.3. The maximum atomic E-state index is 10.9. The number of aromatic nitrogens is 5. The van der Waals surface area contributed by atoms with E-state index in [4.69, 9.17) is 40.2 Å². The molecule has 2 aromatic heterocycles. The number of imidazole rings is 1. The van der Waals surface area contributed by atoms with Crippen LogP contribution in [-0.2, 0) is 19.6 Å². The number of nitrogens with one attached hydrogen (secondary N) is 1. The minimum Gasteiger partial charge on any atom is -0.387 e. The first-order valence-electron chi connectivity index (χ1n) is 11.3. The average Bonchev–Trinajstić information content (AvgIpc) is 3.38. The predicted octanol–water partition coefficient (Wildman–Crippen LogP) is 5.61. The third kappa shape index (κ3) is 5.06. The highest BCUT2D eigenvalue weighted by molar-refractivity contribution is 6.42. The standard InChI is InChI=1S/C26H23Cl3N6O/c1-16-3-2-4-17(9-16)12-33-13-20(31-32-33)14-34-24-11-19(27)6-8-23(24)35(26(34)30)15-25(36)18-5-7-21(28)22(29)10-18/h2-11,13,25,30,36H,12,14-15H2,1H3. The van der Waals surface area contributed by atoms with Crippen molar-refractivity contribution in [3.63, 3.8) is 0 Å². The Morgan fingerprint density at radius 1 is 0.917 bits per heavy atom. The zero-order valence-electron chi connectivity index (χ0n) is 19.4. The van der Waals surface area contributed by atoms with Crippen LogP contribution in [0.5, 0.6) is 0 Å². The fraction of sp³-hybridized carbons (Fsp3) is 0.192. The molecule has 10 heteroatoms. The second-order valence-electron chi connectivity index (χ2n) is 8.74. The van der Waals surface area contributed by atoms with Crippen molar-refractivity contribution in [2.24, 2.45) is 0 Å². The Hall–Kier alpha value is -3.10. The number of halogens is 3. The summed E-state index contributed by atoms with van der Waals surface area (Å²) in [5.74, 6) is 0. The molecule has 1 atom stereocenters. The Balaban J connectivity index is 1.45. The summed E-state index contributed by atoms with van der Waals surface area (Å²) in [6, 6.07) is 18.7. The molecule has 7 nitrogen and oxygen atoms in total. The molecule has 5 rings (SSSR count). The van der Waals surface area contributed by atoms with E-state index >= 15 is 0 Å². The van der Waals surface area contributed by atoms with E-state index in [9.17, 15) is 5.11 Å². The lowest BCUT2D eigenvalue weighted by Gasteiger charge is -2.13. The summed E-state index contributed by atoms with van der Waals surface area (Å²) in [4.78, 5) is 0. The van der Waals surface area contributed by atoms with Crippen LogP contribution in [0.4, 0.5) is 0 Å². The summed E-state index contributed by atoms with van der Waals surface area (Å²) in [5.41, 5.74) is 5.41. The second kappa shape index (κ2) is 10.1. The number of hydrogen-bond donors (Lipinski definition) is 2. The van der Waals surface area contributed by atoms with E-state index in [1.54, 1.807) is 33.5 Å². The van der Waals surface area contributed by atoms with E-state index < -0.39 is 6.10 Å². The van der Waals surface area contributed by atoms with Crippen LogP contribution in [0.15, 0.2) is 66.9 Å². The highest BCUT2D eigenvalue weighted by Crippen LogP contribution is 2.27. The average molecular weight is 542 g/mol. The topological polar surface area (TPSA) is 84.7 Å². The normalized spacial score (nSPS) is 12.4. The van der Waals surface area contributed by atoms with Gasteiger partial charge in [-0.25, -0.2) is 4.68 Å². The number of fused-ring (bicyclic) bond motifs is 1. The fourth-order valence-electron chi connectivity index (χ4n) is 4.31. The van der Waals surface area contributed by atoms with E-state index in [-0.39, 0.29) is 12.2 Å². The van der Waals surface area contributed by atoms with Crippen LogP contribution in [-0.4, -0.2) is 29.2 Å². The van der Waals surface area contributed by atoms with Crippen LogP contribution in [0.2, 0.25) is 15.1 Å². The number of aryl methyl sites for hydroxylation is 1. The molecule has 0 aliphatic carbocycles. The fourth-order valence-corrected chi connectivity index (χ4v) is 4.78. The Morgan fingerprint density at radius 3 is 2.53 bits per heavy atom. The van der Waals surface area contributed by atoms with Crippen LogP contribution in [0.25, 0.3) is 11.0 Å². The maximum absolute atomic E-state index is 10.9. The molecule has 36 heavy (non-hydrogen) atoms. The molecule has 184 valence electrons. The highest BCUT2D eigenvalue weighted by atomic mass is 35.5. The van der Waals surface area contributed by atoms with Crippen molar-refractivity contribution in [3.8, 4) is 0 Å². The second-order valence-corrected chi connectivity index (χ2v) is 9.99. The van der Waals surface area contributed by atoms with E-state index in [2.05, 4.69) is 35.4 Å². The molecule has 0 aliphatic rings. The first-order valence-corrected chi connectivity index (χ1v) is 12.4. The molecule has 0 spiro atoms. The maximum Gasteiger partial charge on any atom is 0.203 e. The lowest BCUT2D eigenvalue weighted by molar-refractivity contribution is 0.155. The monoisotopic (exact) mass is 540 g/mol. The van der Waals surface area contributed by atoms with Crippen LogP contribution in [0, 0.1) is 12.3 Å². The van der Waals surface area contributed by atoms with Gasteiger partial charge >= 0.3 is 0 Å². The molecule has 0 aliphatic heterocycles. The molecule has 5 aromatic rings. The largest absolute Gasteiger partial charge is 0.387 e. The summed E-state index contributed by atoms with van der Waals surface area (Å²) in [5, 5.41) is 29.8. The van der Waals surface area contributed by atoms with Crippen molar-refractivity contribution in [2.75, 3.05) is 0 Å². The number of nitrogens with zero attached hydrogens (tertiary/aromatic N) is 5. The summed E-state index contributed by atoms with van der Waals surface area (Å²) in [7, 11) is 0. The van der Waals surface area contributed by atoms with E-state index in [1.807, 2.05) is 29.0 Å². The summed E-state index contributed by atoms with van der Waals surface area (Å²) in [6.07, 6.45) is 0.992. The molecule has 2 heterocycles. The van der Waals surface area contributed by atoms with Gasteiger partial charge in [0.05, 0.1) is 53.0 Å². The highest BCUT2D eigenvalue weighted by Gasteiger charge is 2.17. The van der Waals surface area contributed by atoms with E-state index in [0.717, 1.165) is 16.6 Å². The Bertz CT molecular complexity index is 1620. The Labute approximate surface area is 222 Å². The van der Waals surface area contributed by atoms with Gasteiger partial charge in [0.25, 0.3) is 0 Å². The number of benzene rings is 3. The minimum atomic E-state index is -0.890. The number of aliphatic hydroxyl groups excluding tert-OH is 1. The SMILES string of the molecule is Cc1cccc(Cn2cc(Cn3c(=N)n(CC(O)c4ccc(Cl)c(Cl)c4)c4ccc(Cl)cc43)nn2)c1. The molecular weight excluding hydrogens is 519 g/mol. The van der Waals surface area contributed by atoms with Crippen LogP contribution in [0.3, 0.4) is 0 Å². The molecular formula is C26H23Cl3N6O. The van der Waals surface area contributed by atoms with Gasteiger partial charge in [-0.1, -0.05) is 75.9 Å². The summed E-state index contributed by atoms with van der Waals surface area (Å²) < 4.78 is 5.34. The van der Waals surface area contributed by atoms with Gasteiger partial charge in [-0.15, -0.1) is 5.10 Å². The van der Waals surface area contributed by atoms with Crippen molar-refractivity contribution in [3.05, 3.63) is 110 Å². The van der Waals surface area contributed by atoms with Gasteiger partial charge in [-0.3, -0.25) is 5.41 Å². The molecule has 0 saturated carbocycles. The molecule has 0 saturated heterocycles. The first kappa shape index (κ1) is 24.6. The summed E-state index contributed by atoms with van der Waals surface area (Å²) in [6.45, 7) is 3.15. The Kier molecular flexibility index (Phi) is 6.90. The van der Waals surface area contributed by atoms with E-state index in [0.29, 0.717) is 39.4 Å². The molecule has 0 radical (unpaired) electrons. The van der Waals surface area contributed by atoms with E-state index in [1.165, 1.54) is 5.56 Å². The van der Waals surface area contributed by atoms with Crippen molar-refractivity contribution in [2.45, 2.75) is 32.7 Å². The van der Waals surface area contributed by atoms with Gasteiger partial charge < -0.3 is 14.2 Å². The van der Waals surface area contributed by atoms with Gasteiger partial charge in [-0.05, 0) is 48.4 Å². The van der Waals surface area contributed by atoms with Crippen molar-refractivity contribution in [1.82, 2.24) is 24.1 Å². The van der Waals surface area contributed by atoms with Crippen molar-refractivity contribution in [1.29, 1.82) is 5.41 Å². The molecule has 0 fully saturated rings. The zero-order chi connectivity index (χ0) is 25.4. The van der Waals surface area contributed by atoms with Crippen molar-refractivity contribution >= 4 is 45.8 Å². The van der Waals surface area contributed by atoms with Gasteiger partial charge in [0, 0.05) is 5.02 Å². The quantitative estimate of drug-likeness (QED) is 0.281. The van der Waals surface area contributed by atoms with Gasteiger partial charge in [0.2, 0.25) is 5.62 Å². The molecule has 0 bridgehead atoms. The van der Waals surface area contributed by atoms with Crippen LogP contribution in [0.1, 0.15) is 28.5 Å². The summed E-state index contributed by atoms with van der Waals surface area (Å²) >= 11 is 18.5.